The maximum atomic E-state index is 10.7. The molecule has 0 radical (unpaired) electrons. The van der Waals surface area contributed by atoms with E-state index >= 15 is 0 Å². The fraction of sp³-hybridized carbons (Fsp3) is 0.667. The van der Waals surface area contributed by atoms with Gasteiger partial charge in [0.1, 0.15) is 12.2 Å². The smallest absolute Gasteiger partial charge is 0.198 e. The standard InChI is InChI=1S/C6H10O7/c7-1-2(8)3(9)4(10)5(11)6(12)13/h2-3,5,7-9,11H,1H2,(H,12,13)/p-1/t2-,3+,5-/m0/s1. The number of Topliss-reactive ketones (excluding diaryl/α,β-unsaturated/α-hetero) is 1. The number of carboxylic acid groups (broad SMARTS) is 1. The second kappa shape index (κ2) is 4.87. The highest BCUT2D eigenvalue weighted by Crippen LogP contribution is 1.98. The van der Waals surface area contributed by atoms with Gasteiger partial charge < -0.3 is 30.3 Å². The molecule has 0 saturated carbocycles. The first-order valence-electron chi connectivity index (χ1n) is 3.31. The van der Waals surface area contributed by atoms with E-state index in [0.717, 1.165) is 0 Å². The number of aliphatic carboxylic acids is 1. The van der Waals surface area contributed by atoms with Gasteiger partial charge in [-0.05, 0) is 0 Å². The number of hydrogen-bond acceptors (Lipinski definition) is 7. The Morgan fingerprint density at radius 2 is 1.69 bits per heavy atom. The Kier molecular flexibility index (Phi) is 4.49. The second-order valence-electron chi connectivity index (χ2n) is 2.32. The summed E-state index contributed by atoms with van der Waals surface area (Å²) in [7, 11) is 0. The van der Waals surface area contributed by atoms with Gasteiger partial charge in [0.2, 0.25) is 0 Å². The molecule has 0 unspecified atom stereocenters. The van der Waals surface area contributed by atoms with Crippen molar-refractivity contribution in [3.8, 4) is 0 Å². The lowest BCUT2D eigenvalue weighted by Crippen LogP contribution is -2.49. The summed E-state index contributed by atoms with van der Waals surface area (Å²) in [6.45, 7) is -0.924. The molecule has 76 valence electrons. The molecule has 0 heterocycles. The van der Waals surface area contributed by atoms with E-state index in [1.165, 1.54) is 0 Å². The molecule has 0 saturated heterocycles. The molecule has 7 nitrogen and oxygen atoms in total. The second-order valence-corrected chi connectivity index (χ2v) is 2.32. The maximum Gasteiger partial charge on any atom is 0.198 e. The van der Waals surface area contributed by atoms with Crippen LogP contribution in [0.5, 0.6) is 0 Å². The minimum Gasteiger partial charge on any atom is -0.547 e. The zero-order valence-corrected chi connectivity index (χ0v) is 6.45. The van der Waals surface area contributed by atoms with Crippen LogP contribution >= 0.6 is 0 Å². The van der Waals surface area contributed by atoms with Crippen LogP contribution in [0, 0.1) is 0 Å². The predicted octanol–water partition coefficient (Wildman–Crippen LogP) is -4.62. The van der Waals surface area contributed by atoms with Crippen molar-refractivity contribution in [2.24, 2.45) is 0 Å². The van der Waals surface area contributed by atoms with Crippen molar-refractivity contribution in [3.63, 3.8) is 0 Å². The van der Waals surface area contributed by atoms with E-state index in [4.69, 9.17) is 20.4 Å². The van der Waals surface area contributed by atoms with Gasteiger partial charge in [0.25, 0.3) is 0 Å². The van der Waals surface area contributed by atoms with Gasteiger partial charge in [-0.25, -0.2) is 0 Å². The van der Waals surface area contributed by atoms with Gasteiger partial charge in [0.15, 0.2) is 11.9 Å². The van der Waals surface area contributed by atoms with Gasteiger partial charge in [0, 0.05) is 0 Å². The monoisotopic (exact) mass is 193 g/mol. The summed E-state index contributed by atoms with van der Waals surface area (Å²) >= 11 is 0. The SMILES string of the molecule is O=C([O-])[C@@H](O)C(=O)[C@H](O)[C@@H](O)CO. The quantitative estimate of drug-likeness (QED) is 0.322. The molecule has 4 N–H and O–H groups in total. The molecule has 0 aromatic heterocycles. The fourth-order valence-electron chi connectivity index (χ4n) is 0.567. The largest absolute Gasteiger partial charge is 0.547 e. The molecule has 0 aliphatic heterocycles. The maximum absolute atomic E-state index is 10.7. The Balaban J connectivity index is 4.33. The fourth-order valence-corrected chi connectivity index (χ4v) is 0.567. The summed E-state index contributed by atoms with van der Waals surface area (Å²) in [4.78, 5) is 20.6. The van der Waals surface area contributed by atoms with Crippen molar-refractivity contribution >= 4 is 11.8 Å². The normalized spacial score (nSPS) is 17.5. The van der Waals surface area contributed by atoms with Crippen LogP contribution in [0.3, 0.4) is 0 Å². The molecule has 0 fully saturated rings. The van der Waals surface area contributed by atoms with Gasteiger partial charge in [0.05, 0.1) is 12.6 Å². The van der Waals surface area contributed by atoms with E-state index in [2.05, 4.69) is 0 Å². The van der Waals surface area contributed by atoms with E-state index in [9.17, 15) is 14.7 Å². The zero-order valence-electron chi connectivity index (χ0n) is 6.45. The minimum absolute atomic E-state index is 0.924. The Morgan fingerprint density at radius 3 is 2.00 bits per heavy atom. The van der Waals surface area contributed by atoms with Crippen LogP contribution in [0.2, 0.25) is 0 Å². The van der Waals surface area contributed by atoms with Crippen LogP contribution in [0.4, 0.5) is 0 Å². The third-order valence-electron chi connectivity index (χ3n) is 1.34. The summed E-state index contributed by atoms with van der Waals surface area (Å²) in [6, 6.07) is 0. The number of carboxylic acids is 1. The Bertz CT molecular complexity index is 201. The van der Waals surface area contributed by atoms with Gasteiger partial charge in [-0.15, -0.1) is 0 Å². The highest BCUT2D eigenvalue weighted by Gasteiger charge is 2.29. The molecular weight excluding hydrogens is 184 g/mol. The van der Waals surface area contributed by atoms with E-state index in [0.29, 0.717) is 0 Å². The van der Waals surface area contributed by atoms with Crippen LogP contribution in [-0.2, 0) is 9.59 Å². The molecule has 0 amide bonds. The Hall–Kier alpha value is -1.02. The number of hydrogen-bond donors (Lipinski definition) is 4. The first-order valence-corrected chi connectivity index (χ1v) is 3.31. The van der Waals surface area contributed by atoms with E-state index in [-0.39, 0.29) is 0 Å². The number of aliphatic hydroxyl groups excluding tert-OH is 4. The number of ketones is 1. The van der Waals surface area contributed by atoms with Crippen molar-refractivity contribution < 1.29 is 35.1 Å². The lowest BCUT2D eigenvalue weighted by molar-refractivity contribution is -0.313. The number of rotatable bonds is 5. The van der Waals surface area contributed by atoms with E-state index in [1.807, 2.05) is 0 Å². The Morgan fingerprint density at radius 1 is 1.23 bits per heavy atom. The van der Waals surface area contributed by atoms with Gasteiger partial charge in [-0.3, -0.25) is 4.79 Å². The average molecular weight is 193 g/mol. The summed E-state index contributed by atoms with van der Waals surface area (Å²) in [5, 5.41) is 44.2. The van der Waals surface area contributed by atoms with Gasteiger partial charge in [-0.1, -0.05) is 0 Å². The van der Waals surface area contributed by atoms with Crippen molar-refractivity contribution in [3.05, 3.63) is 0 Å². The summed E-state index contributed by atoms with van der Waals surface area (Å²) in [5.41, 5.74) is 0. The number of carbonyl (C=O) groups excluding carboxylic acids is 2. The average Bonchev–Trinajstić information content (AvgIpc) is 2.12. The Labute approximate surface area is 72.9 Å². The van der Waals surface area contributed by atoms with Gasteiger partial charge in [-0.2, -0.15) is 0 Å². The molecule has 3 atom stereocenters. The van der Waals surface area contributed by atoms with E-state index in [1.54, 1.807) is 0 Å². The first kappa shape index (κ1) is 12.0. The lowest BCUT2D eigenvalue weighted by Gasteiger charge is -2.18. The molecule has 0 bridgehead atoms. The molecule has 0 spiro atoms. The summed E-state index contributed by atoms with van der Waals surface area (Å²) in [5.74, 6) is -3.60. The molecule has 0 aliphatic rings. The van der Waals surface area contributed by atoms with Crippen LogP contribution in [-0.4, -0.2) is 57.1 Å². The number of carbonyl (C=O) groups is 2. The molecule has 0 aromatic carbocycles. The highest BCUT2D eigenvalue weighted by atomic mass is 16.4. The molecule has 0 aliphatic carbocycles. The topological polar surface area (TPSA) is 138 Å². The van der Waals surface area contributed by atoms with Crippen molar-refractivity contribution in [1.82, 2.24) is 0 Å². The molecular formula is C6H9O7-. The van der Waals surface area contributed by atoms with E-state index < -0.39 is 36.7 Å². The van der Waals surface area contributed by atoms with Crippen molar-refractivity contribution in [2.75, 3.05) is 6.61 Å². The highest BCUT2D eigenvalue weighted by molar-refractivity contribution is 6.02. The lowest BCUT2D eigenvalue weighted by atomic mass is 10.1. The summed E-state index contributed by atoms with van der Waals surface area (Å²) < 4.78 is 0. The van der Waals surface area contributed by atoms with Crippen LogP contribution in [0.15, 0.2) is 0 Å². The van der Waals surface area contributed by atoms with Crippen molar-refractivity contribution in [1.29, 1.82) is 0 Å². The first-order chi connectivity index (χ1) is 5.91. The molecule has 0 rings (SSSR count). The molecule has 0 aromatic rings. The van der Waals surface area contributed by atoms with Gasteiger partial charge >= 0.3 is 0 Å². The molecule has 7 heteroatoms. The third-order valence-corrected chi connectivity index (χ3v) is 1.34. The minimum atomic E-state index is -2.50. The zero-order chi connectivity index (χ0) is 10.6. The molecule has 13 heavy (non-hydrogen) atoms. The third kappa shape index (κ3) is 3.07. The van der Waals surface area contributed by atoms with Crippen LogP contribution in [0.25, 0.3) is 0 Å². The van der Waals surface area contributed by atoms with Crippen LogP contribution in [0.1, 0.15) is 0 Å². The predicted molar refractivity (Wildman–Crippen MR) is 35.1 cm³/mol. The number of aliphatic hydroxyl groups is 4. The summed E-state index contributed by atoms with van der Waals surface area (Å²) in [6.07, 6.45) is -6.46. The van der Waals surface area contributed by atoms with Crippen molar-refractivity contribution in [2.45, 2.75) is 18.3 Å². The van der Waals surface area contributed by atoms with Crippen LogP contribution < -0.4 is 5.11 Å².